The molecular weight excluding hydrogens is 420 g/mol. The van der Waals surface area contributed by atoms with Gasteiger partial charge in [0.25, 0.3) is 5.91 Å². The summed E-state index contributed by atoms with van der Waals surface area (Å²) in [5.41, 5.74) is -0.507. The molecular formula is C16H10ClF2N3O3S2. The standard InChI is InChI=1S/C16H10ClF2N3O3S2/c1-8-6-10(7-12(18)13(8)19)20-15(23)14-16(26-22-21-14)27(24,25)11-4-2-9(17)3-5-11/h2-7H,1H3,(H,20,23). The summed E-state index contributed by atoms with van der Waals surface area (Å²) in [4.78, 5) is 12.3. The van der Waals surface area contributed by atoms with E-state index in [1.807, 2.05) is 0 Å². The van der Waals surface area contributed by atoms with Crippen molar-refractivity contribution >= 4 is 44.6 Å². The Hall–Kier alpha value is -2.43. The van der Waals surface area contributed by atoms with Gasteiger partial charge in [-0.05, 0) is 42.8 Å². The summed E-state index contributed by atoms with van der Waals surface area (Å²) in [5.74, 6) is -3.09. The van der Waals surface area contributed by atoms with Crippen molar-refractivity contribution < 1.29 is 22.0 Å². The Bertz CT molecular complexity index is 1110. The maximum absolute atomic E-state index is 13.5. The minimum atomic E-state index is -4.06. The number of benzene rings is 2. The van der Waals surface area contributed by atoms with Crippen LogP contribution in [0.2, 0.25) is 5.02 Å². The molecule has 0 atom stereocenters. The van der Waals surface area contributed by atoms with Gasteiger partial charge in [0, 0.05) is 28.3 Å². The van der Waals surface area contributed by atoms with Crippen LogP contribution >= 0.6 is 23.1 Å². The second-order valence-corrected chi connectivity index (χ2v) is 8.74. The smallest absolute Gasteiger partial charge is 0.278 e. The van der Waals surface area contributed by atoms with Gasteiger partial charge in [0.05, 0.1) is 4.90 Å². The number of nitrogens with one attached hydrogen (secondary N) is 1. The first kappa shape index (κ1) is 19.3. The fourth-order valence-electron chi connectivity index (χ4n) is 2.21. The van der Waals surface area contributed by atoms with E-state index in [0.29, 0.717) is 16.6 Å². The second kappa shape index (κ2) is 7.29. The molecule has 0 bridgehead atoms. The Morgan fingerprint density at radius 1 is 1.19 bits per heavy atom. The first-order chi connectivity index (χ1) is 12.7. The van der Waals surface area contributed by atoms with Crippen molar-refractivity contribution in [2.24, 2.45) is 0 Å². The van der Waals surface area contributed by atoms with Gasteiger partial charge in [0.1, 0.15) is 0 Å². The summed E-state index contributed by atoms with van der Waals surface area (Å²) in [5, 5.41) is 6.22. The summed E-state index contributed by atoms with van der Waals surface area (Å²) < 4.78 is 55.5. The number of sulfone groups is 1. The van der Waals surface area contributed by atoms with Crippen molar-refractivity contribution in [3.8, 4) is 0 Å². The van der Waals surface area contributed by atoms with Crippen molar-refractivity contribution in [1.29, 1.82) is 0 Å². The van der Waals surface area contributed by atoms with E-state index in [4.69, 9.17) is 11.6 Å². The molecule has 0 aliphatic heterocycles. The van der Waals surface area contributed by atoms with Crippen LogP contribution in [0.1, 0.15) is 16.1 Å². The number of carbonyl (C=O) groups is 1. The van der Waals surface area contributed by atoms with Gasteiger partial charge in [-0.15, -0.1) is 5.10 Å². The predicted octanol–water partition coefficient (Wildman–Crippen LogP) is 3.86. The molecule has 0 aliphatic rings. The Balaban J connectivity index is 1.95. The summed E-state index contributed by atoms with van der Waals surface area (Å²) >= 11 is 6.28. The molecule has 27 heavy (non-hydrogen) atoms. The van der Waals surface area contributed by atoms with Crippen LogP contribution in [0.15, 0.2) is 45.5 Å². The van der Waals surface area contributed by atoms with Crippen molar-refractivity contribution in [3.05, 3.63) is 64.3 Å². The van der Waals surface area contributed by atoms with Crippen LogP contribution in [0.4, 0.5) is 14.5 Å². The third-order valence-electron chi connectivity index (χ3n) is 3.51. The zero-order chi connectivity index (χ0) is 19.8. The molecule has 2 aromatic carbocycles. The molecule has 0 unspecified atom stereocenters. The van der Waals surface area contributed by atoms with Crippen LogP contribution < -0.4 is 5.32 Å². The molecule has 1 amide bonds. The number of aryl methyl sites for hydroxylation is 1. The summed E-state index contributed by atoms with van der Waals surface area (Å²) in [6.45, 7) is 1.33. The van der Waals surface area contributed by atoms with Gasteiger partial charge >= 0.3 is 0 Å². The quantitative estimate of drug-likeness (QED) is 0.680. The predicted molar refractivity (Wildman–Crippen MR) is 95.9 cm³/mol. The van der Waals surface area contributed by atoms with Gasteiger partial charge in [-0.2, -0.15) is 0 Å². The van der Waals surface area contributed by atoms with Crippen LogP contribution in [0.25, 0.3) is 0 Å². The largest absolute Gasteiger partial charge is 0.320 e. The number of hydrogen-bond donors (Lipinski definition) is 1. The van der Waals surface area contributed by atoms with Crippen LogP contribution in [0.3, 0.4) is 0 Å². The average molecular weight is 430 g/mol. The van der Waals surface area contributed by atoms with Gasteiger partial charge < -0.3 is 5.32 Å². The van der Waals surface area contributed by atoms with E-state index in [1.54, 1.807) is 0 Å². The Kier molecular flexibility index (Phi) is 5.22. The van der Waals surface area contributed by atoms with Gasteiger partial charge in [0.15, 0.2) is 21.5 Å². The maximum atomic E-state index is 13.5. The lowest BCUT2D eigenvalue weighted by atomic mass is 10.2. The first-order valence-electron chi connectivity index (χ1n) is 7.30. The van der Waals surface area contributed by atoms with E-state index in [2.05, 4.69) is 14.9 Å². The van der Waals surface area contributed by atoms with Crippen LogP contribution in [0.5, 0.6) is 0 Å². The lowest BCUT2D eigenvalue weighted by Gasteiger charge is -2.07. The van der Waals surface area contributed by atoms with E-state index in [-0.39, 0.29) is 20.4 Å². The lowest BCUT2D eigenvalue weighted by molar-refractivity contribution is 0.101. The van der Waals surface area contributed by atoms with E-state index in [0.717, 1.165) is 6.07 Å². The zero-order valence-electron chi connectivity index (χ0n) is 13.5. The van der Waals surface area contributed by atoms with E-state index in [9.17, 15) is 22.0 Å². The Morgan fingerprint density at radius 2 is 1.85 bits per heavy atom. The minimum Gasteiger partial charge on any atom is -0.320 e. The molecule has 3 aromatic rings. The zero-order valence-corrected chi connectivity index (χ0v) is 15.9. The van der Waals surface area contributed by atoms with Crippen molar-refractivity contribution in [1.82, 2.24) is 9.59 Å². The summed E-state index contributed by atoms with van der Waals surface area (Å²) in [6.07, 6.45) is 0. The monoisotopic (exact) mass is 429 g/mol. The highest BCUT2D eigenvalue weighted by atomic mass is 35.5. The number of amides is 1. The highest BCUT2D eigenvalue weighted by molar-refractivity contribution is 7.93. The average Bonchev–Trinajstić information content (AvgIpc) is 3.11. The third-order valence-corrected chi connectivity index (χ3v) is 6.74. The molecule has 0 spiro atoms. The maximum Gasteiger partial charge on any atom is 0.278 e. The molecule has 1 aromatic heterocycles. The van der Waals surface area contributed by atoms with Crippen molar-refractivity contribution in [2.75, 3.05) is 5.32 Å². The number of rotatable bonds is 4. The van der Waals surface area contributed by atoms with E-state index < -0.39 is 33.1 Å². The van der Waals surface area contributed by atoms with Crippen molar-refractivity contribution in [2.45, 2.75) is 16.0 Å². The van der Waals surface area contributed by atoms with E-state index >= 15 is 0 Å². The number of hydrogen-bond acceptors (Lipinski definition) is 6. The van der Waals surface area contributed by atoms with Gasteiger partial charge in [0.2, 0.25) is 9.84 Å². The Labute approximate surface area is 161 Å². The molecule has 0 saturated carbocycles. The van der Waals surface area contributed by atoms with Gasteiger partial charge in [-0.25, -0.2) is 17.2 Å². The van der Waals surface area contributed by atoms with E-state index in [1.165, 1.54) is 37.3 Å². The molecule has 140 valence electrons. The van der Waals surface area contributed by atoms with Crippen LogP contribution in [0, 0.1) is 18.6 Å². The fraction of sp³-hybridized carbons (Fsp3) is 0.0625. The molecule has 0 fully saturated rings. The number of halogens is 3. The number of nitrogens with zero attached hydrogens (tertiary/aromatic N) is 2. The van der Waals surface area contributed by atoms with Crippen molar-refractivity contribution in [3.63, 3.8) is 0 Å². The summed E-state index contributed by atoms with van der Waals surface area (Å²) in [7, 11) is -4.06. The molecule has 11 heteroatoms. The third kappa shape index (κ3) is 3.82. The molecule has 0 saturated heterocycles. The molecule has 6 nitrogen and oxygen atoms in total. The SMILES string of the molecule is Cc1cc(NC(=O)c2nnsc2S(=O)(=O)c2ccc(Cl)cc2)cc(F)c1F. The molecule has 0 aliphatic carbocycles. The molecule has 1 N–H and O–H groups in total. The molecule has 1 heterocycles. The number of carbonyl (C=O) groups excluding carboxylic acids is 1. The minimum absolute atomic E-state index is 0.0179. The lowest BCUT2D eigenvalue weighted by Crippen LogP contribution is -2.16. The second-order valence-electron chi connectivity index (χ2n) is 5.41. The molecule has 0 radical (unpaired) electrons. The van der Waals surface area contributed by atoms with Gasteiger partial charge in [-0.3, -0.25) is 4.79 Å². The topological polar surface area (TPSA) is 89.0 Å². The molecule has 3 rings (SSSR count). The summed E-state index contributed by atoms with van der Waals surface area (Å²) in [6, 6.07) is 7.37. The van der Waals surface area contributed by atoms with Crippen LogP contribution in [-0.4, -0.2) is 23.9 Å². The number of aromatic nitrogens is 2. The first-order valence-corrected chi connectivity index (χ1v) is 9.93. The van der Waals surface area contributed by atoms with Crippen LogP contribution in [-0.2, 0) is 9.84 Å². The highest BCUT2D eigenvalue weighted by Gasteiger charge is 2.29. The Morgan fingerprint density at radius 3 is 2.48 bits per heavy atom. The highest BCUT2D eigenvalue weighted by Crippen LogP contribution is 2.28. The van der Waals surface area contributed by atoms with Gasteiger partial charge in [-0.1, -0.05) is 16.1 Å². The fourth-order valence-corrected chi connectivity index (χ4v) is 4.63. The number of anilines is 1. The normalized spacial score (nSPS) is 11.4.